The normalized spacial score (nSPS) is 10.4. The number of aromatic carboxylic acids is 1. The molecule has 2 rings (SSSR count). The van der Waals surface area contributed by atoms with E-state index in [1.165, 1.54) is 0 Å². The summed E-state index contributed by atoms with van der Waals surface area (Å²) in [5, 5.41) is 9.11. The summed E-state index contributed by atoms with van der Waals surface area (Å²) in [5.41, 5.74) is 1.75. The van der Waals surface area contributed by atoms with E-state index in [-0.39, 0.29) is 20.6 Å². The molecule has 0 bridgehead atoms. The van der Waals surface area contributed by atoms with Gasteiger partial charge in [0.1, 0.15) is 0 Å². The number of nitrogens with zero attached hydrogens (tertiary/aromatic N) is 2. The van der Waals surface area contributed by atoms with Crippen LogP contribution in [0.3, 0.4) is 0 Å². The quantitative estimate of drug-likeness (QED) is 0.680. The van der Waals surface area contributed by atoms with Crippen LogP contribution in [0, 0.1) is 13.5 Å². The van der Waals surface area contributed by atoms with E-state index in [4.69, 9.17) is 16.4 Å². The molecule has 1 heterocycles. The molecular weight excluding hydrogens is 335 g/mol. The van der Waals surface area contributed by atoms with Crippen molar-refractivity contribution in [3.05, 3.63) is 39.7 Å². The van der Waals surface area contributed by atoms with Gasteiger partial charge in [-0.1, -0.05) is 0 Å². The summed E-state index contributed by atoms with van der Waals surface area (Å²) in [6, 6.07) is 5.28. The molecule has 21 heavy (non-hydrogen) atoms. The SMILES string of the molecule is [C-]#[N+]c1cc(-c2nc(C)c(C(=O)O)[se]2)ccc1OC(C)C. The van der Waals surface area contributed by atoms with Crippen LogP contribution in [0.15, 0.2) is 18.2 Å². The van der Waals surface area contributed by atoms with Crippen LogP contribution < -0.4 is 4.74 Å². The van der Waals surface area contributed by atoms with E-state index in [9.17, 15) is 4.79 Å². The summed E-state index contributed by atoms with van der Waals surface area (Å²) in [4.78, 5) is 18.9. The molecule has 0 amide bonds. The van der Waals surface area contributed by atoms with Gasteiger partial charge in [-0.15, -0.1) is 0 Å². The molecule has 0 spiro atoms. The van der Waals surface area contributed by atoms with Crippen molar-refractivity contribution in [1.29, 1.82) is 0 Å². The minimum atomic E-state index is -0.920. The van der Waals surface area contributed by atoms with E-state index in [2.05, 4.69) is 9.83 Å². The zero-order valence-electron chi connectivity index (χ0n) is 11.9. The van der Waals surface area contributed by atoms with Crippen molar-refractivity contribution in [1.82, 2.24) is 4.98 Å². The molecule has 0 atom stereocenters. The Morgan fingerprint density at radius 3 is 2.71 bits per heavy atom. The summed E-state index contributed by atoms with van der Waals surface area (Å²) in [7, 11) is 0. The summed E-state index contributed by atoms with van der Waals surface area (Å²) in [6.45, 7) is 12.8. The van der Waals surface area contributed by atoms with Gasteiger partial charge in [0, 0.05) is 0 Å². The van der Waals surface area contributed by atoms with Crippen molar-refractivity contribution in [2.45, 2.75) is 26.9 Å². The second-order valence-electron chi connectivity index (χ2n) is 4.70. The second kappa shape index (κ2) is 6.13. The number of aryl methyl sites for hydroxylation is 1. The van der Waals surface area contributed by atoms with Gasteiger partial charge in [0.2, 0.25) is 0 Å². The minimum absolute atomic E-state index is 0.00749. The number of hydrogen-bond acceptors (Lipinski definition) is 3. The number of rotatable bonds is 4. The average Bonchev–Trinajstić information content (AvgIpc) is 2.81. The fraction of sp³-hybridized carbons (Fsp3) is 0.267. The van der Waals surface area contributed by atoms with Crippen molar-refractivity contribution in [3.8, 4) is 15.9 Å². The van der Waals surface area contributed by atoms with Gasteiger partial charge in [0.15, 0.2) is 0 Å². The standard InChI is InChI=1S/C15H14N2O3Se/c1-8(2)20-12-6-5-10(7-11(12)16-4)14-17-9(3)13(21-14)15(18)19/h5-8H,1-3H3,(H,18,19). The Morgan fingerprint density at radius 1 is 1.48 bits per heavy atom. The maximum absolute atomic E-state index is 11.1. The van der Waals surface area contributed by atoms with Crippen LogP contribution in [0.2, 0.25) is 0 Å². The molecule has 1 aromatic carbocycles. The Hall–Kier alpha value is -2.09. The molecule has 0 aliphatic heterocycles. The Kier molecular flexibility index (Phi) is 4.46. The first-order valence-corrected chi connectivity index (χ1v) is 8.03. The van der Waals surface area contributed by atoms with Crippen LogP contribution in [0.25, 0.3) is 15.0 Å². The van der Waals surface area contributed by atoms with E-state index in [1.54, 1.807) is 19.1 Å². The molecule has 108 valence electrons. The average molecular weight is 349 g/mol. The van der Waals surface area contributed by atoms with Crippen molar-refractivity contribution in [3.63, 3.8) is 0 Å². The third-order valence-electron chi connectivity index (χ3n) is 2.68. The first-order valence-electron chi connectivity index (χ1n) is 6.31. The maximum atomic E-state index is 11.1. The molecule has 0 unspecified atom stereocenters. The van der Waals surface area contributed by atoms with Crippen LogP contribution in [0.1, 0.15) is 28.8 Å². The van der Waals surface area contributed by atoms with E-state index >= 15 is 0 Å². The van der Waals surface area contributed by atoms with Gasteiger partial charge in [-0.2, -0.15) is 0 Å². The predicted molar refractivity (Wildman–Crippen MR) is 80.3 cm³/mol. The predicted octanol–water partition coefficient (Wildman–Crippen LogP) is 3.15. The molecule has 0 radical (unpaired) electrons. The Labute approximate surface area is 128 Å². The van der Waals surface area contributed by atoms with Gasteiger partial charge in [0.25, 0.3) is 0 Å². The van der Waals surface area contributed by atoms with Gasteiger partial charge in [0.05, 0.1) is 0 Å². The van der Waals surface area contributed by atoms with Crippen molar-refractivity contribution >= 4 is 26.2 Å². The van der Waals surface area contributed by atoms with Crippen molar-refractivity contribution < 1.29 is 14.6 Å². The number of aromatic nitrogens is 1. The number of carboxylic acids is 1. The van der Waals surface area contributed by atoms with E-state index in [0.717, 1.165) is 10.1 Å². The molecule has 0 aliphatic rings. The molecule has 1 N–H and O–H groups in total. The fourth-order valence-corrected chi connectivity index (χ4v) is 3.70. The molecular formula is C15H14N2O3Se. The molecule has 0 aliphatic carbocycles. The Bertz CT molecular complexity index is 729. The molecule has 5 nitrogen and oxygen atoms in total. The van der Waals surface area contributed by atoms with Crippen LogP contribution >= 0.6 is 0 Å². The molecule has 0 fully saturated rings. The molecule has 0 saturated heterocycles. The van der Waals surface area contributed by atoms with Crippen LogP contribution in [-0.4, -0.2) is 36.7 Å². The summed E-state index contributed by atoms with van der Waals surface area (Å²) >= 11 is -0.338. The van der Waals surface area contributed by atoms with Crippen LogP contribution in [-0.2, 0) is 0 Å². The van der Waals surface area contributed by atoms with Gasteiger partial charge < -0.3 is 0 Å². The first kappa shape index (κ1) is 15.3. The second-order valence-corrected chi connectivity index (χ2v) is 6.80. The van der Waals surface area contributed by atoms with E-state index in [0.29, 0.717) is 21.6 Å². The zero-order chi connectivity index (χ0) is 15.6. The van der Waals surface area contributed by atoms with Gasteiger partial charge >= 0.3 is 128 Å². The molecule has 6 heteroatoms. The Morgan fingerprint density at radius 2 is 2.19 bits per heavy atom. The van der Waals surface area contributed by atoms with Crippen LogP contribution in [0.4, 0.5) is 5.69 Å². The van der Waals surface area contributed by atoms with Crippen LogP contribution in [0.5, 0.6) is 5.75 Å². The summed E-state index contributed by atoms with van der Waals surface area (Å²) < 4.78 is 6.68. The Balaban J connectivity index is 2.44. The number of carbonyl (C=O) groups is 1. The fourth-order valence-electron chi connectivity index (χ4n) is 1.81. The molecule has 1 aromatic heterocycles. The topological polar surface area (TPSA) is 63.8 Å². The number of carboxylic acid groups (broad SMARTS) is 1. The van der Waals surface area contributed by atoms with Crippen molar-refractivity contribution in [2.75, 3.05) is 0 Å². The van der Waals surface area contributed by atoms with E-state index in [1.807, 2.05) is 19.9 Å². The third kappa shape index (κ3) is 3.33. The molecule has 0 saturated carbocycles. The number of ether oxygens (including phenoxy) is 1. The number of benzene rings is 1. The zero-order valence-corrected chi connectivity index (χ0v) is 13.6. The number of hydrogen-bond donors (Lipinski definition) is 1. The summed E-state index contributed by atoms with van der Waals surface area (Å²) in [6.07, 6.45) is -0.00749. The van der Waals surface area contributed by atoms with Crippen molar-refractivity contribution in [2.24, 2.45) is 0 Å². The van der Waals surface area contributed by atoms with Gasteiger partial charge in [-0.05, 0) is 0 Å². The molecule has 2 aromatic rings. The first-order chi connectivity index (χ1) is 9.92. The van der Waals surface area contributed by atoms with E-state index < -0.39 is 5.97 Å². The summed E-state index contributed by atoms with van der Waals surface area (Å²) in [5.74, 6) is -0.380. The van der Waals surface area contributed by atoms with Gasteiger partial charge in [-0.3, -0.25) is 0 Å². The monoisotopic (exact) mass is 350 g/mol. The third-order valence-corrected chi connectivity index (χ3v) is 5.19. The van der Waals surface area contributed by atoms with Gasteiger partial charge in [-0.25, -0.2) is 0 Å².